The third kappa shape index (κ3) is 4.50. The van der Waals surface area contributed by atoms with E-state index >= 15 is 0 Å². The van der Waals surface area contributed by atoms with Crippen LogP contribution in [0.4, 0.5) is 5.69 Å². The first kappa shape index (κ1) is 19.7. The normalized spacial score (nSPS) is 18.5. The molecule has 0 bridgehead atoms. The number of carbonyl (C=O) groups is 1. The summed E-state index contributed by atoms with van der Waals surface area (Å²) in [5.74, 6) is 0.193. The van der Waals surface area contributed by atoms with Gasteiger partial charge < -0.3 is 5.32 Å². The Morgan fingerprint density at radius 2 is 1.89 bits per heavy atom. The van der Waals surface area contributed by atoms with Crippen molar-refractivity contribution in [3.63, 3.8) is 0 Å². The van der Waals surface area contributed by atoms with Gasteiger partial charge in [0.05, 0.1) is 21.3 Å². The van der Waals surface area contributed by atoms with Crippen LogP contribution in [-0.2, 0) is 4.79 Å². The number of nitrogens with one attached hydrogen (secondary N) is 1. The van der Waals surface area contributed by atoms with Gasteiger partial charge in [0.25, 0.3) is 0 Å². The molecule has 2 aliphatic rings. The summed E-state index contributed by atoms with van der Waals surface area (Å²) in [6.45, 7) is 0. The maximum Gasteiger partial charge on any atom is 0.234 e. The molecule has 4 nitrogen and oxygen atoms in total. The summed E-state index contributed by atoms with van der Waals surface area (Å²) >= 11 is 9.28. The molecule has 4 rings (SSSR count). The molecule has 1 fully saturated rings. The molecule has 1 aliphatic heterocycles. The van der Waals surface area contributed by atoms with E-state index in [1.54, 1.807) is 23.5 Å². The number of benzene rings is 1. The molecule has 1 amide bonds. The van der Waals surface area contributed by atoms with Gasteiger partial charge in [-0.15, -0.1) is 11.3 Å². The average molecular weight is 432 g/mol. The zero-order valence-corrected chi connectivity index (χ0v) is 17.9. The molecule has 0 radical (unpaired) electrons. The molecular formula is C21H22ClN3OS2. The predicted molar refractivity (Wildman–Crippen MR) is 121 cm³/mol. The van der Waals surface area contributed by atoms with Gasteiger partial charge in [-0.1, -0.05) is 54.4 Å². The van der Waals surface area contributed by atoms with Crippen LogP contribution in [-0.4, -0.2) is 28.1 Å². The fourth-order valence-electron chi connectivity index (χ4n) is 3.60. The number of aliphatic imine (C=N–C) groups is 2. The summed E-state index contributed by atoms with van der Waals surface area (Å²) in [7, 11) is 0. The van der Waals surface area contributed by atoms with Crippen molar-refractivity contribution in [2.75, 3.05) is 11.1 Å². The van der Waals surface area contributed by atoms with Gasteiger partial charge in [0, 0.05) is 0 Å². The van der Waals surface area contributed by atoms with E-state index in [1.807, 2.05) is 18.2 Å². The number of rotatable bonds is 4. The Balaban J connectivity index is 1.49. The van der Waals surface area contributed by atoms with Gasteiger partial charge in [0.15, 0.2) is 5.66 Å². The fourth-order valence-corrected chi connectivity index (χ4v) is 5.43. The first-order valence-electron chi connectivity index (χ1n) is 9.56. The van der Waals surface area contributed by atoms with E-state index in [0.29, 0.717) is 10.7 Å². The van der Waals surface area contributed by atoms with E-state index in [4.69, 9.17) is 21.6 Å². The quantitative estimate of drug-likeness (QED) is 0.642. The number of amides is 1. The number of thioether (sulfide) groups is 1. The molecule has 1 spiro atoms. The lowest BCUT2D eigenvalue weighted by Gasteiger charge is -2.20. The van der Waals surface area contributed by atoms with Crippen molar-refractivity contribution in [3.8, 4) is 0 Å². The lowest BCUT2D eigenvalue weighted by molar-refractivity contribution is -0.113. The van der Waals surface area contributed by atoms with Crippen molar-refractivity contribution in [2.24, 2.45) is 9.98 Å². The third-order valence-electron chi connectivity index (χ3n) is 4.98. The highest BCUT2D eigenvalue weighted by Gasteiger charge is 2.37. The van der Waals surface area contributed by atoms with Crippen LogP contribution < -0.4 is 5.32 Å². The molecule has 2 aromatic rings. The summed E-state index contributed by atoms with van der Waals surface area (Å²) in [6, 6.07) is 11.4. The molecule has 1 saturated carbocycles. The highest BCUT2D eigenvalue weighted by atomic mass is 35.5. The van der Waals surface area contributed by atoms with Crippen molar-refractivity contribution in [1.29, 1.82) is 0 Å². The molecule has 0 unspecified atom stereocenters. The fraction of sp³-hybridized carbons (Fsp3) is 0.381. The number of para-hydroxylation sites is 1. The highest BCUT2D eigenvalue weighted by molar-refractivity contribution is 8.16. The first-order valence-corrected chi connectivity index (χ1v) is 11.8. The van der Waals surface area contributed by atoms with Crippen LogP contribution >= 0.6 is 34.7 Å². The SMILES string of the molecule is O=C(CSC1=NC2(CCCCCC2)N=C1c1cccs1)Nc1ccccc1Cl. The van der Waals surface area contributed by atoms with Gasteiger partial charge in [-0.2, -0.15) is 0 Å². The van der Waals surface area contributed by atoms with E-state index in [0.717, 1.165) is 41.3 Å². The monoisotopic (exact) mass is 431 g/mol. The largest absolute Gasteiger partial charge is 0.324 e. The lowest BCUT2D eigenvalue weighted by atomic mass is 10.0. The van der Waals surface area contributed by atoms with Crippen molar-refractivity contribution in [3.05, 3.63) is 51.7 Å². The number of nitrogens with zero attached hydrogens (tertiary/aromatic N) is 2. The minimum absolute atomic E-state index is 0.0897. The number of thiophene rings is 1. The lowest BCUT2D eigenvalue weighted by Crippen LogP contribution is -2.20. The first-order chi connectivity index (χ1) is 13.7. The Bertz CT molecular complexity index is 900. The van der Waals surface area contributed by atoms with E-state index in [-0.39, 0.29) is 17.3 Å². The molecule has 146 valence electrons. The minimum atomic E-state index is -0.322. The predicted octanol–water partition coefficient (Wildman–Crippen LogP) is 6.03. The molecule has 1 aromatic heterocycles. The van der Waals surface area contributed by atoms with Gasteiger partial charge >= 0.3 is 0 Å². The maximum absolute atomic E-state index is 12.5. The highest BCUT2D eigenvalue weighted by Crippen LogP contribution is 2.38. The summed E-state index contributed by atoms with van der Waals surface area (Å²) in [5.41, 5.74) is 1.26. The summed E-state index contributed by atoms with van der Waals surface area (Å²) in [5, 5.41) is 6.37. The van der Waals surface area contributed by atoms with Crippen molar-refractivity contribution < 1.29 is 4.79 Å². The number of carbonyl (C=O) groups excluding carboxylic acids is 1. The zero-order chi connectivity index (χ0) is 19.4. The van der Waals surface area contributed by atoms with Crippen LogP contribution in [0.25, 0.3) is 0 Å². The van der Waals surface area contributed by atoms with Gasteiger partial charge in [-0.05, 0) is 49.3 Å². The van der Waals surface area contributed by atoms with Gasteiger partial charge in [-0.3, -0.25) is 9.79 Å². The second-order valence-corrected chi connectivity index (χ2v) is 9.39. The Morgan fingerprint density at radius 3 is 2.61 bits per heavy atom. The molecule has 28 heavy (non-hydrogen) atoms. The van der Waals surface area contributed by atoms with Crippen LogP contribution in [0.3, 0.4) is 0 Å². The molecule has 1 N–H and O–H groups in total. The molecule has 1 aromatic carbocycles. The summed E-state index contributed by atoms with van der Waals surface area (Å²) in [6.07, 6.45) is 6.83. The molecule has 0 atom stereocenters. The molecular weight excluding hydrogens is 410 g/mol. The Hall–Kier alpha value is -1.63. The van der Waals surface area contributed by atoms with Crippen molar-refractivity contribution in [2.45, 2.75) is 44.2 Å². The number of hydrogen-bond donors (Lipinski definition) is 1. The van der Waals surface area contributed by atoms with Crippen LogP contribution in [0, 0.1) is 0 Å². The van der Waals surface area contributed by atoms with E-state index in [9.17, 15) is 4.79 Å². The topological polar surface area (TPSA) is 53.8 Å². The Kier molecular flexibility index (Phi) is 6.19. The van der Waals surface area contributed by atoms with Crippen LogP contribution in [0.1, 0.15) is 43.4 Å². The summed E-state index contributed by atoms with van der Waals surface area (Å²) in [4.78, 5) is 23.7. The maximum atomic E-state index is 12.5. The Morgan fingerprint density at radius 1 is 1.11 bits per heavy atom. The average Bonchev–Trinajstić information content (AvgIpc) is 3.27. The second kappa shape index (κ2) is 8.80. The smallest absolute Gasteiger partial charge is 0.234 e. The molecule has 2 heterocycles. The van der Waals surface area contributed by atoms with Crippen LogP contribution in [0.2, 0.25) is 5.02 Å². The van der Waals surface area contributed by atoms with Gasteiger partial charge in [0.2, 0.25) is 5.91 Å². The minimum Gasteiger partial charge on any atom is -0.324 e. The van der Waals surface area contributed by atoms with Crippen LogP contribution in [0.5, 0.6) is 0 Å². The van der Waals surface area contributed by atoms with Gasteiger partial charge in [-0.25, -0.2) is 4.99 Å². The number of hydrogen-bond acceptors (Lipinski definition) is 5. The van der Waals surface area contributed by atoms with Crippen molar-refractivity contribution >= 4 is 57.0 Å². The zero-order valence-electron chi connectivity index (χ0n) is 15.5. The molecule has 7 heteroatoms. The molecule has 0 saturated heterocycles. The van der Waals surface area contributed by atoms with Crippen molar-refractivity contribution in [1.82, 2.24) is 0 Å². The molecule has 1 aliphatic carbocycles. The second-order valence-electron chi connectivity index (χ2n) is 7.07. The van der Waals surface area contributed by atoms with E-state index < -0.39 is 0 Å². The van der Waals surface area contributed by atoms with E-state index in [1.165, 1.54) is 24.6 Å². The van der Waals surface area contributed by atoms with Crippen LogP contribution in [0.15, 0.2) is 51.8 Å². The summed E-state index contributed by atoms with van der Waals surface area (Å²) < 4.78 is 0. The standard InChI is InChI=1S/C21H22ClN3OS2/c22-15-8-3-4-9-16(15)23-18(26)14-28-20-19(17-10-7-13-27-17)24-21(25-20)11-5-1-2-6-12-21/h3-4,7-10,13H,1-2,5-6,11-12,14H2,(H,23,26). The third-order valence-corrected chi connectivity index (χ3v) is 7.15. The Labute approximate surface area is 178 Å². The number of anilines is 1. The number of halogens is 1. The van der Waals surface area contributed by atoms with Gasteiger partial charge in [0.1, 0.15) is 10.8 Å². The van der Waals surface area contributed by atoms with E-state index in [2.05, 4.69) is 16.8 Å².